The van der Waals surface area contributed by atoms with Gasteiger partial charge in [-0.05, 0) is 67.7 Å². The van der Waals surface area contributed by atoms with Gasteiger partial charge in [-0.25, -0.2) is 4.39 Å². The van der Waals surface area contributed by atoms with Crippen LogP contribution in [0.5, 0.6) is 0 Å². The van der Waals surface area contributed by atoms with E-state index < -0.39 is 0 Å². The fourth-order valence-corrected chi connectivity index (χ4v) is 3.52. The Labute approximate surface area is 236 Å². The van der Waals surface area contributed by atoms with Crippen molar-refractivity contribution in [2.75, 3.05) is 11.9 Å². The molecule has 2 aromatic carbocycles. The van der Waals surface area contributed by atoms with Crippen LogP contribution in [0, 0.1) is 12.7 Å². The highest BCUT2D eigenvalue weighted by atomic mass is 19.1. The van der Waals surface area contributed by atoms with Gasteiger partial charge in [-0.1, -0.05) is 103 Å². The van der Waals surface area contributed by atoms with E-state index in [9.17, 15) is 14.0 Å². The van der Waals surface area contributed by atoms with Gasteiger partial charge in [0.2, 0.25) is 6.41 Å². The summed E-state index contributed by atoms with van der Waals surface area (Å²) in [4.78, 5) is 21.9. The van der Waals surface area contributed by atoms with Crippen molar-refractivity contribution < 1.29 is 14.0 Å². The van der Waals surface area contributed by atoms with Crippen LogP contribution < -0.4 is 10.6 Å². The Morgan fingerprint density at radius 2 is 1.64 bits per heavy atom. The van der Waals surface area contributed by atoms with Crippen molar-refractivity contribution in [3.63, 3.8) is 0 Å². The molecule has 0 aromatic heterocycles. The Bertz CT molecular complexity index is 1100. The molecule has 3 rings (SSSR count). The molecule has 2 N–H and O–H groups in total. The van der Waals surface area contributed by atoms with Gasteiger partial charge in [-0.15, -0.1) is 0 Å². The maximum atomic E-state index is 13.7. The largest absolute Gasteiger partial charge is 0.359 e. The van der Waals surface area contributed by atoms with E-state index in [2.05, 4.69) is 82.5 Å². The second kappa shape index (κ2) is 21.5. The number of carbonyl (C=O) groups is 2. The summed E-state index contributed by atoms with van der Waals surface area (Å²) in [5, 5.41) is 5.33. The first kappa shape index (κ1) is 35.5. The average molecular weight is 537 g/mol. The maximum absolute atomic E-state index is 13.7. The molecule has 5 heteroatoms. The van der Waals surface area contributed by atoms with Gasteiger partial charge in [-0.3, -0.25) is 9.59 Å². The molecular weight excluding hydrogens is 487 g/mol. The van der Waals surface area contributed by atoms with E-state index in [1.54, 1.807) is 6.07 Å². The van der Waals surface area contributed by atoms with Gasteiger partial charge >= 0.3 is 0 Å². The monoisotopic (exact) mass is 536 g/mol. The van der Waals surface area contributed by atoms with Crippen LogP contribution in [0.3, 0.4) is 0 Å². The summed E-state index contributed by atoms with van der Waals surface area (Å²) in [6.45, 7) is 17.5. The number of aryl methyl sites for hydroxylation is 1. The zero-order chi connectivity index (χ0) is 29.6. The number of halogens is 1. The molecule has 0 aliphatic carbocycles. The number of hydrogen-bond acceptors (Lipinski definition) is 2. The summed E-state index contributed by atoms with van der Waals surface area (Å²) in [5.41, 5.74) is 6.31. The summed E-state index contributed by atoms with van der Waals surface area (Å²) in [6, 6.07) is 12.7. The Hall–Kier alpha value is -3.47. The Balaban J connectivity index is 0.00000102. The molecule has 0 bridgehead atoms. The summed E-state index contributed by atoms with van der Waals surface area (Å²) in [7, 11) is 0. The van der Waals surface area contributed by atoms with E-state index in [1.807, 2.05) is 26.0 Å². The van der Waals surface area contributed by atoms with Crippen molar-refractivity contribution in [3.8, 4) is 0 Å². The highest BCUT2D eigenvalue weighted by Crippen LogP contribution is 2.34. The first-order chi connectivity index (χ1) is 18.8. The van der Waals surface area contributed by atoms with Crippen molar-refractivity contribution in [2.45, 2.75) is 87.5 Å². The highest BCUT2D eigenvalue weighted by molar-refractivity contribution is 6.31. The number of fused-ring (bicyclic) bond motifs is 1. The number of amides is 2. The minimum Gasteiger partial charge on any atom is -0.359 e. The van der Waals surface area contributed by atoms with Crippen LogP contribution in [0.15, 0.2) is 66.3 Å². The minimum absolute atomic E-state index is 0.185. The number of carbonyl (C=O) groups excluding carboxylic acids is 2. The molecule has 1 aliphatic heterocycles. The smallest absolute Gasteiger partial charge is 0.256 e. The molecule has 2 aromatic rings. The van der Waals surface area contributed by atoms with Crippen LogP contribution in [0.4, 0.5) is 10.1 Å². The van der Waals surface area contributed by atoms with E-state index in [4.69, 9.17) is 0 Å². The minimum atomic E-state index is -0.342. The van der Waals surface area contributed by atoms with E-state index >= 15 is 0 Å². The normalized spacial score (nSPS) is 13.1. The maximum Gasteiger partial charge on any atom is 0.256 e. The molecule has 1 aliphatic rings. The molecule has 0 atom stereocenters. The van der Waals surface area contributed by atoms with Crippen LogP contribution in [-0.2, 0) is 9.59 Å². The zero-order valence-corrected chi connectivity index (χ0v) is 25.3. The lowest BCUT2D eigenvalue weighted by Crippen LogP contribution is -2.10. The lowest BCUT2D eigenvalue weighted by Gasteiger charge is -2.08. The predicted octanol–water partition coefficient (Wildman–Crippen LogP) is 9.27. The van der Waals surface area contributed by atoms with Crippen molar-refractivity contribution in [2.24, 2.45) is 0 Å². The second-order valence-electron chi connectivity index (χ2n) is 9.27. The molecule has 4 nitrogen and oxygen atoms in total. The molecule has 0 saturated heterocycles. The number of rotatable bonds is 8. The molecule has 214 valence electrons. The Kier molecular flexibility index (Phi) is 19.6. The number of benzene rings is 2. The van der Waals surface area contributed by atoms with Gasteiger partial charge < -0.3 is 10.6 Å². The van der Waals surface area contributed by atoms with Crippen LogP contribution in [-0.4, -0.2) is 18.9 Å². The molecule has 0 unspecified atom stereocenters. The molecule has 0 fully saturated rings. The van der Waals surface area contributed by atoms with Crippen molar-refractivity contribution in [3.05, 3.63) is 88.8 Å². The first-order valence-electron chi connectivity index (χ1n) is 14.2. The standard InChI is InChI=1S/C24H24FNO.C4H9NO.2C3H8/c1-4-7-17(13-18(5-2)19-9-6-8-16(3)12-19)14-22-21-15-20(25)10-11-23(21)26-24(22)27;1-2-3-5-4-6;2*1-3-2/h5-6,8-15H,4,7H2,1-3H3,(H,26,27);4H,2-3H2,1H3,(H,5,6);2*3H2,1-2H3/b17-13+,18-5+,22-14+;;;. The number of allylic oxidation sites excluding steroid dienone is 5. The fourth-order valence-electron chi connectivity index (χ4n) is 3.52. The van der Waals surface area contributed by atoms with Crippen molar-refractivity contribution in [1.29, 1.82) is 0 Å². The van der Waals surface area contributed by atoms with Gasteiger partial charge in [0, 0.05) is 23.4 Å². The fraction of sp³-hybridized carbons (Fsp3) is 0.412. The first-order valence-corrected chi connectivity index (χ1v) is 14.2. The molecule has 39 heavy (non-hydrogen) atoms. The number of hydrogen-bond donors (Lipinski definition) is 2. The van der Waals surface area contributed by atoms with E-state index in [-0.39, 0.29) is 11.7 Å². The summed E-state index contributed by atoms with van der Waals surface area (Å²) in [5.74, 6) is -0.527. The molecule has 2 amide bonds. The van der Waals surface area contributed by atoms with Gasteiger partial charge in [0.1, 0.15) is 5.82 Å². The lowest BCUT2D eigenvalue weighted by atomic mass is 9.96. The molecule has 0 spiro atoms. The summed E-state index contributed by atoms with van der Waals surface area (Å²) >= 11 is 0. The summed E-state index contributed by atoms with van der Waals surface area (Å²) < 4.78 is 13.7. The highest BCUT2D eigenvalue weighted by Gasteiger charge is 2.24. The lowest BCUT2D eigenvalue weighted by molar-refractivity contribution is -0.111. The molecule has 1 heterocycles. The van der Waals surface area contributed by atoms with Crippen molar-refractivity contribution >= 4 is 29.2 Å². The predicted molar refractivity (Wildman–Crippen MR) is 167 cm³/mol. The topological polar surface area (TPSA) is 58.2 Å². The third-order valence-electron chi connectivity index (χ3n) is 5.11. The van der Waals surface area contributed by atoms with Crippen LogP contribution in [0.25, 0.3) is 11.1 Å². The van der Waals surface area contributed by atoms with Gasteiger partial charge in [-0.2, -0.15) is 0 Å². The quantitative estimate of drug-likeness (QED) is 0.153. The van der Waals surface area contributed by atoms with Crippen LogP contribution in [0.2, 0.25) is 0 Å². The van der Waals surface area contributed by atoms with E-state index in [1.165, 1.54) is 30.5 Å². The average Bonchev–Trinajstić information content (AvgIpc) is 3.21. The summed E-state index contributed by atoms with van der Waals surface area (Å²) in [6.07, 6.45) is 12.1. The third-order valence-corrected chi connectivity index (χ3v) is 5.11. The van der Waals surface area contributed by atoms with E-state index in [0.717, 1.165) is 42.5 Å². The molecular formula is C34H49FN2O2. The van der Waals surface area contributed by atoms with Gasteiger partial charge in [0.15, 0.2) is 0 Å². The Morgan fingerprint density at radius 3 is 2.15 bits per heavy atom. The second-order valence-corrected chi connectivity index (χ2v) is 9.27. The number of nitrogens with one attached hydrogen (secondary N) is 2. The molecule has 0 saturated carbocycles. The molecule has 0 radical (unpaired) electrons. The zero-order valence-electron chi connectivity index (χ0n) is 25.3. The SMILES string of the molecule is CCC.CCC.CCCNC=O.C\C=C(/C=C(/C=C1/C(=O)Nc2ccc(F)cc21)CCC)c1cccc(C)c1. The van der Waals surface area contributed by atoms with Crippen LogP contribution in [0.1, 0.15) is 97.3 Å². The van der Waals surface area contributed by atoms with Gasteiger partial charge in [0.25, 0.3) is 5.91 Å². The Morgan fingerprint density at radius 1 is 0.974 bits per heavy atom. The third kappa shape index (κ3) is 13.8. The van der Waals surface area contributed by atoms with Crippen LogP contribution >= 0.6 is 0 Å². The number of anilines is 1. The van der Waals surface area contributed by atoms with E-state index in [0.29, 0.717) is 23.2 Å². The van der Waals surface area contributed by atoms with Crippen molar-refractivity contribution in [1.82, 2.24) is 5.32 Å². The van der Waals surface area contributed by atoms with Gasteiger partial charge in [0.05, 0.1) is 0 Å².